The fourth-order valence-corrected chi connectivity index (χ4v) is 8.26. The van der Waals surface area contributed by atoms with E-state index in [2.05, 4.69) is 38.4 Å². The number of unbranched alkanes of at least 4 members (excludes halogenated alkanes) is 14. The van der Waals surface area contributed by atoms with E-state index in [0.29, 0.717) is 0 Å². The van der Waals surface area contributed by atoms with E-state index in [1.54, 1.807) is 6.42 Å². The van der Waals surface area contributed by atoms with Gasteiger partial charge in [0.15, 0.2) is 0 Å². The lowest BCUT2D eigenvalue weighted by atomic mass is 9.57. The SMILES string of the molecule is CCCCCCC1CC2C(C=CC(CCCCCCCCNC)C2CCCCCCCCN)CC1CCCC. The molecular weight excluding hydrogens is 472 g/mol. The zero-order valence-corrected chi connectivity index (χ0v) is 27.1. The van der Waals surface area contributed by atoms with E-state index in [4.69, 9.17) is 5.73 Å². The Morgan fingerprint density at radius 3 is 1.85 bits per heavy atom. The second kappa shape index (κ2) is 23.2. The molecule has 3 N–H and O–H groups in total. The Kier molecular flexibility index (Phi) is 20.8. The van der Waals surface area contributed by atoms with Crippen molar-refractivity contribution in [1.29, 1.82) is 0 Å². The van der Waals surface area contributed by atoms with E-state index in [0.717, 1.165) is 42.1 Å². The van der Waals surface area contributed by atoms with Gasteiger partial charge in [0, 0.05) is 0 Å². The molecule has 39 heavy (non-hydrogen) atoms. The number of rotatable bonds is 25. The lowest BCUT2D eigenvalue weighted by molar-refractivity contribution is 0.0501. The molecule has 6 unspecified atom stereocenters. The van der Waals surface area contributed by atoms with Gasteiger partial charge in [0.2, 0.25) is 0 Å². The summed E-state index contributed by atoms with van der Waals surface area (Å²) < 4.78 is 0. The third-order valence-corrected chi connectivity index (χ3v) is 10.6. The minimum absolute atomic E-state index is 0.862. The summed E-state index contributed by atoms with van der Waals surface area (Å²) in [5, 5.41) is 3.29. The van der Waals surface area contributed by atoms with Gasteiger partial charge < -0.3 is 11.1 Å². The molecule has 0 aromatic carbocycles. The molecule has 0 saturated heterocycles. The van der Waals surface area contributed by atoms with Crippen LogP contribution < -0.4 is 11.1 Å². The lowest BCUT2D eigenvalue weighted by Crippen LogP contribution is -2.39. The topological polar surface area (TPSA) is 38.0 Å². The summed E-state index contributed by atoms with van der Waals surface area (Å²) >= 11 is 0. The van der Waals surface area contributed by atoms with E-state index in [1.165, 1.54) is 154 Å². The maximum Gasteiger partial charge on any atom is -0.00519 e. The van der Waals surface area contributed by atoms with Crippen molar-refractivity contribution < 1.29 is 0 Å². The van der Waals surface area contributed by atoms with Crippen LogP contribution in [0.25, 0.3) is 0 Å². The molecule has 1 saturated carbocycles. The first kappa shape index (κ1) is 34.9. The molecule has 0 radical (unpaired) electrons. The second-order valence-electron chi connectivity index (χ2n) is 13.7. The predicted octanol–water partition coefficient (Wildman–Crippen LogP) is 10.8. The first-order chi connectivity index (χ1) is 19.2. The summed E-state index contributed by atoms with van der Waals surface area (Å²) in [5.41, 5.74) is 5.71. The molecule has 2 rings (SSSR count). The van der Waals surface area contributed by atoms with Gasteiger partial charge in [0.05, 0.1) is 0 Å². The van der Waals surface area contributed by atoms with Crippen LogP contribution >= 0.6 is 0 Å². The van der Waals surface area contributed by atoms with Gasteiger partial charge in [-0.2, -0.15) is 0 Å². The summed E-state index contributed by atoms with van der Waals surface area (Å²) in [6.07, 6.45) is 39.9. The van der Waals surface area contributed by atoms with Crippen LogP contribution in [-0.2, 0) is 0 Å². The van der Waals surface area contributed by atoms with Crippen LogP contribution in [0, 0.1) is 35.5 Å². The number of fused-ring (bicyclic) bond motifs is 1. The van der Waals surface area contributed by atoms with Crippen LogP contribution in [0.1, 0.15) is 168 Å². The monoisotopic (exact) mass is 545 g/mol. The van der Waals surface area contributed by atoms with Crippen LogP contribution in [0.2, 0.25) is 0 Å². The van der Waals surface area contributed by atoms with E-state index in [-0.39, 0.29) is 0 Å². The first-order valence-electron chi connectivity index (χ1n) is 18.3. The highest BCUT2D eigenvalue weighted by atomic mass is 14.8. The van der Waals surface area contributed by atoms with Crippen molar-refractivity contribution in [2.45, 2.75) is 168 Å². The zero-order valence-electron chi connectivity index (χ0n) is 27.1. The third-order valence-electron chi connectivity index (χ3n) is 10.6. The smallest absolute Gasteiger partial charge is 0.00519 e. The molecule has 0 bridgehead atoms. The zero-order chi connectivity index (χ0) is 28.0. The van der Waals surface area contributed by atoms with Crippen molar-refractivity contribution in [3.8, 4) is 0 Å². The molecule has 2 nitrogen and oxygen atoms in total. The van der Waals surface area contributed by atoms with Gasteiger partial charge >= 0.3 is 0 Å². The number of allylic oxidation sites excluding steroid dienone is 2. The van der Waals surface area contributed by atoms with Crippen LogP contribution in [0.4, 0.5) is 0 Å². The minimum atomic E-state index is 0.862. The van der Waals surface area contributed by atoms with E-state index >= 15 is 0 Å². The quantitative estimate of drug-likeness (QED) is 0.0885. The molecule has 0 amide bonds. The fraction of sp³-hybridized carbons (Fsp3) is 0.946. The summed E-state index contributed by atoms with van der Waals surface area (Å²) in [4.78, 5) is 0. The van der Waals surface area contributed by atoms with Crippen LogP contribution in [0.15, 0.2) is 12.2 Å². The standard InChI is InChI=1S/C37H72N2/c1-4-6-8-17-24-34-31-37-35(30-33(34)22-7-5-2)27-26-32(23-18-13-10-12-16-21-29-39-3)36(37)25-19-14-9-11-15-20-28-38/h26-27,32-37,39H,4-25,28-31,38H2,1-3H3. The molecule has 2 heteroatoms. The summed E-state index contributed by atoms with van der Waals surface area (Å²) in [5.74, 6) is 5.70. The third kappa shape index (κ3) is 14.4. The van der Waals surface area contributed by atoms with E-state index < -0.39 is 0 Å². The molecule has 1 fully saturated rings. The maximum atomic E-state index is 5.71. The molecule has 0 aromatic heterocycles. The van der Waals surface area contributed by atoms with Gasteiger partial charge in [-0.3, -0.25) is 0 Å². The van der Waals surface area contributed by atoms with Crippen LogP contribution in [-0.4, -0.2) is 20.1 Å². The number of nitrogens with two attached hydrogens (primary N) is 1. The van der Waals surface area contributed by atoms with Gasteiger partial charge in [0.25, 0.3) is 0 Å². The molecule has 0 aromatic rings. The molecule has 0 heterocycles. The van der Waals surface area contributed by atoms with Crippen molar-refractivity contribution in [2.24, 2.45) is 41.2 Å². The van der Waals surface area contributed by atoms with Crippen molar-refractivity contribution in [3.63, 3.8) is 0 Å². The molecule has 2 aliphatic carbocycles. The van der Waals surface area contributed by atoms with E-state index in [1.807, 2.05) is 0 Å². The molecule has 0 spiro atoms. The molecule has 230 valence electrons. The lowest BCUT2D eigenvalue weighted by Gasteiger charge is -2.48. The maximum absolute atomic E-state index is 5.71. The molecule has 0 aliphatic heterocycles. The van der Waals surface area contributed by atoms with Gasteiger partial charge in [0.1, 0.15) is 0 Å². The average Bonchev–Trinajstić information content (AvgIpc) is 2.95. The van der Waals surface area contributed by atoms with Crippen molar-refractivity contribution >= 4 is 0 Å². The molecular formula is C37H72N2. The predicted molar refractivity (Wildman–Crippen MR) is 175 cm³/mol. The summed E-state index contributed by atoms with van der Waals surface area (Å²) in [6, 6.07) is 0. The van der Waals surface area contributed by atoms with Crippen LogP contribution in [0.3, 0.4) is 0 Å². The van der Waals surface area contributed by atoms with Gasteiger partial charge in [-0.05, 0) is 94.2 Å². The average molecular weight is 545 g/mol. The Morgan fingerprint density at radius 1 is 0.590 bits per heavy atom. The Bertz CT molecular complexity index is 572. The number of hydrogen-bond acceptors (Lipinski definition) is 2. The largest absolute Gasteiger partial charge is 0.330 e. The highest BCUT2D eigenvalue weighted by molar-refractivity contribution is 5.08. The minimum Gasteiger partial charge on any atom is -0.330 e. The van der Waals surface area contributed by atoms with Crippen molar-refractivity contribution in [1.82, 2.24) is 5.32 Å². The summed E-state index contributed by atoms with van der Waals surface area (Å²) in [6.45, 7) is 6.80. The number of hydrogen-bond donors (Lipinski definition) is 2. The van der Waals surface area contributed by atoms with Gasteiger partial charge in [-0.25, -0.2) is 0 Å². The Morgan fingerprint density at radius 2 is 1.15 bits per heavy atom. The Hall–Kier alpha value is -0.340. The Labute approximate surface area is 246 Å². The highest BCUT2D eigenvalue weighted by Crippen LogP contribution is 2.51. The molecule has 2 aliphatic rings. The summed E-state index contributed by atoms with van der Waals surface area (Å²) in [7, 11) is 2.08. The van der Waals surface area contributed by atoms with Gasteiger partial charge in [-0.15, -0.1) is 0 Å². The second-order valence-corrected chi connectivity index (χ2v) is 13.7. The Balaban J connectivity index is 1.96. The highest BCUT2D eigenvalue weighted by Gasteiger charge is 2.42. The number of nitrogens with one attached hydrogen (secondary N) is 1. The molecule has 6 atom stereocenters. The first-order valence-corrected chi connectivity index (χ1v) is 18.3. The van der Waals surface area contributed by atoms with E-state index in [9.17, 15) is 0 Å². The van der Waals surface area contributed by atoms with Crippen LogP contribution in [0.5, 0.6) is 0 Å². The van der Waals surface area contributed by atoms with Crippen molar-refractivity contribution in [3.05, 3.63) is 12.2 Å². The fourth-order valence-electron chi connectivity index (χ4n) is 8.26. The van der Waals surface area contributed by atoms with Crippen molar-refractivity contribution in [2.75, 3.05) is 20.1 Å². The normalized spacial score (nSPS) is 26.7. The van der Waals surface area contributed by atoms with Gasteiger partial charge in [-0.1, -0.05) is 142 Å².